The van der Waals surface area contributed by atoms with E-state index in [1.54, 1.807) is 6.08 Å². The first kappa shape index (κ1) is 15.2. The van der Waals surface area contributed by atoms with Crippen molar-refractivity contribution in [1.82, 2.24) is 15.1 Å². The summed E-state index contributed by atoms with van der Waals surface area (Å²) >= 11 is 0. The molecule has 0 atom stereocenters. The normalized spacial score (nSPS) is 17.2. The van der Waals surface area contributed by atoms with Crippen molar-refractivity contribution in [1.29, 1.82) is 0 Å². The maximum Gasteiger partial charge on any atom is 0.236 e. The van der Waals surface area contributed by atoms with Crippen LogP contribution in [0.15, 0.2) is 12.7 Å². The largest absolute Gasteiger partial charge is 0.339 e. The van der Waals surface area contributed by atoms with Gasteiger partial charge in [-0.05, 0) is 18.9 Å². The van der Waals surface area contributed by atoms with E-state index in [1.165, 1.54) is 6.42 Å². The van der Waals surface area contributed by atoms with Gasteiger partial charge in [0.2, 0.25) is 5.91 Å². The van der Waals surface area contributed by atoms with Crippen LogP contribution >= 0.6 is 0 Å². The molecule has 1 rings (SSSR count). The molecule has 0 aromatic heterocycles. The number of nitrogens with zero attached hydrogens (tertiary/aromatic N) is 2. The molecule has 0 aromatic carbocycles. The Bertz CT molecular complexity index is 258. The molecule has 0 saturated carbocycles. The molecule has 0 radical (unpaired) electrons. The van der Waals surface area contributed by atoms with Crippen LogP contribution in [0.4, 0.5) is 0 Å². The Morgan fingerprint density at radius 2 is 2.00 bits per heavy atom. The predicted octanol–water partition coefficient (Wildman–Crippen LogP) is 0.952. The van der Waals surface area contributed by atoms with E-state index >= 15 is 0 Å². The molecule has 1 aliphatic rings. The van der Waals surface area contributed by atoms with Crippen molar-refractivity contribution in [2.24, 2.45) is 5.92 Å². The average Bonchev–Trinajstić information content (AvgIpc) is 2.37. The molecule has 0 unspecified atom stereocenters. The molecule has 104 valence electrons. The smallest absolute Gasteiger partial charge is 0.236 e. The summed E-state index contributed by atoms with van der Waals surface area (Å²) in [6, 6.07) is 0. The predicted molar refractivity (Wildman–Crippen MR) is 75.5 cm³/mol. The molecule has 4 heteroatoms. The van der Waals surface area contributed by atoms with Gasteiger partial charge in [0.15, 0.2) is 0 Å². The maximum atomic E-state index is 11.9. The van der Waals surface area contributed by atoms with Crippen LogP contribution in [0, 0.1) is 5.92 Å². The molecule has 4 nitrogen and oxygen atoms in total. The summed E-state index contributed by atoms with van der Waals surface area (Å²) < 4.78 is 0. The van der Waals surface area contributed by atoms with Crippen molar-refractivity contribution in [3.63, 3.8) is 0 Å². The Kier molecular flexibility index (Phi) is 6.98. The van der Waals surface area contributed by atoms with Gasteiger partial charge >= 0.3 is 0 Å². The summed E-state index contributed by atoms with van der Waals surface area (Å²) in [5.74, 6) is 0.966. The van der Waals surface area contributed by atoms with E-state index in [4.69, 9.17) is 0 Å². The van der Waals surface area contributed by atoms with Crippen LogP contribution < -0.4 is 5.32 Å². The topological polar surface area (TPSA) is 35.6 Å². The second-order valence-corrected chi connectivity index (χ2v) is 5.32. The van der Waals surface area contributed by atoms with Crippen molar-refractivity contribution in [3.8, 4) is 0 Å². The number of amides is 1. The maximum absolute atomic E-state index is 11.9. The molecule has 1 N–H and O–H groups in total. The number of nitrogens with one attached hydrogen (secondary N) is 1. The third-order valence-electron chi connectivity index (χ3n) is 3.31. The van der Waals surface area contributed by atoms with E-state index in [0.29, 0.717) is 13.1 Å². The highest BCUT2D eigenvalue weighted by atomic mass is 16.2. The Morgan fingerprint density at radius 1 is 1.33 bits per heavy atom. The first-order valence-corrected chi connectivity index (χ1v) is 6.95. The Labute approximate surface area is 111 Å². The summed E-state index contributed by atoms with van der Waals surface area (Å²) in [7, 11) is 0. The summed E-state index contributed by atoms with van der Waals surface area (Å²) in [6.07, 6.45) is 3.02. The standard InChI is InChI=1S/C14H27N3O/c1-4-6-15-12-14(18)17-10-8-16(9-11-17)7-5-13(2)3/h4,13,15H,1,5-12H2,2-3H3. The number of hydrogen-bond donors (Lipinski definition) is 1. The second-order valence-electron chi connectivity index (χ2n) is 5.32. The minimum atomic E-state index is 0.209. The number of hydrogen-bond acceptors (Lipinski definition) is 3. The first-order chi connectivity index (χ1) is 8.63. The van der Waals surface area contributed by atoms with Crippen molar-refractivity contribution in [2.75, 3.05) is 45.8 Å². The van der Waals surface area contributed by atoms with E-state index in [-0.39, 0.29) is 5.91 Å². The van der Waals surface area contributed by atoms with Gasteiger partial charge < -0.3 is 10.2 Å². The van der Waals surface area contributed by atoms with Crippen LogP contribution in [0.1, 0.15) is 20.3 Å². The summed E-state index contributed by atoms with van der Waals surface area (Å²) in [6.45, 7) is 14.2. The zero-order valence-corrected chi connectivity index (χ0v) is 11.8. The third kappa shape index (κ3) is 5.65. The average molecular weight is 253 g/mol. The molecular formula is C14H27N3O. The molecule has 0 bridgehead atoms. The van der Waals surface area contributed by atoms with Crippen molar-refractivity contribution < 1.29 is 4.79 Å². The quantitative estimate of drug-likeness (QED) is 0.542. The molecule has 0 aliphatic carbocycles. The molecule has 0 spiro atoms. The van der Waals surface area contributed by atoms with Crippen molar-refractivity contribution in [3.05, 3.63) is 12.7 Å². The van der Waals surface area contributed by atoms with E-state index in [0.717, 1.165) is 38.6 Å². The van der Waals surface area contributed by atoms with Gasteiger partial charge in [-0.15, -0.1) is 6.58 Å². The number of carbonyl (C=O) groups is 1. The van der Waals surface area contributed by atoms with Gasteiger partial charge in [0.25, 0.3) is 0 Å². The highest BCUT2D eigenvalue weighted by Crippen LogP contribution is 2.06. The van der Waals surface area contributed by atoms with Gasteiger partial charge in [0.05, 0.1) is 6.54 Å². The minimum absolute atomic E-state index is 0.209. The Hall–Kier alpha value is -0.870. The fraction of sp³-hybridized carbons (Fsp3) is 0.786. The first-order valence-electron chi connectivity index (χ1n) is 6.95. The van der Waals surface area contributed by atoms with Crippen molar-refractivity contribution in [2.45, 2.75) is 20.3 Å². The summed E-state index contributed by atoms with van der Waals surface area (Å²) in [5.41, 5.74) is 0. The van der Waals surface area contributed by atoms with Crippen molar-refractivity contribution >= 4 is 5.91 Å². The van der Waals surface area contributed by atoms with Crippen LogP contribution in [0.2, 0.25) is 0 Å². The van der Waals surface area contributed by atoms with E-state index < -0.39 is 0 Å². The van der Waals surface area contributed by atoms with Gasteiger partial charge in [-0.2, -0.15) is 0 Å². The Balaban J connectivity index is 2.17. The summed E-state index contributed by atoms with van der Waals surface area (Å²) in [5, 5.41) is 3.06. The minimum Gasteiger partial charge on any atom is -0.339 e. The molecule has 1 heterocycles. The van der Waals surface area contributed by atoms with Crippen LogP contribution in [-0.2, 0) is 4.79 Å². The van der Waals surface area contributed by atoms with Gasteiger partial charge in [0.1, 0.15) is 0 Å². The highest BCUT2D eigenvalue weighted by Gasteiger charge is 2.20. The van der Waals surface area contributed by atoms with Gasteiger partial charge in [0, 0.05) is 32.7 Å². The lowest BCUT2D eigenvalue weighted by atomic mass is 10.1. The van der Waals surface area contributed by atoms with Crippen LogP contribution in [-0.4, -0.2) is 61.5 Å². The number of carbonyl (C=O) groups excluding carboxylic acids is 1. The number of rotatable bonds is 7. The third-order valence-corrected chi connectivity index (χ3v) is 3.31. The monoisotopic (exact) mass is 253 g/mol. The van der Waals surface area contributed by atoms with E-state index in [9.17, 15) is 4.79 Å². The second kappa shape index (κ2) is 8.27. The fourth-order valence-electron chi connectivity index (χ4n) is 2.05. The fourth-order valence-corrected chi connectivity index (χ4v) is 2.05. The molecule has 1 saturated heterocycles. The van der Waals surface area contributed by atoms with Crippen LogP contribution in [0.25, 0.3) is 0 Å². The van der Waals surface area contributed by atoms with Crippen LogP contribution in [0.5, 0.6) is 0 Å². The zero-order valence-electron chi connectivity index (χ0n) is 11.8. The molecule has 0 aromatic rings. The SMILES string of the molecule is C=CCNCC(=O)N1CCN(CCC(C)C)CC1. The summed E-state index contributed by atoms with van der Waals surface area (Å²) in [4.78, 5) is 16.3. The Morgan fingerprint density at radius 3 is 2.56 bits per heavy atom. The van der Waals surface area contributed by atoms with E-state index in [2.05, 4.69) is 30.6 Å². The van der Waals surface area contributed by atoms with Gasteiger partial charge in [-0.3, -0.25) is 9.69 Å². The lowest BCUT2D eigenvalue weighted by Crippen LogP contribution is -2.51. The van der Waals surface area contributed by atoms with Gasteiger partial charge in [-0.25, -0.2) is 0 Å². The molecular weight excluding hydrogens is 226 g/mol. The molecule has 1 amide bonds. The van der Waals surface area contributed by atoms with Crippen LogP contribution in [0.3, 0.4) is 0 Å². The lowest BCUT2D eigenvalue weighted by Gasteiger charge is -2.35. The lowest BCUT2D eigenvalue weighted by molar-refractivity contribution is -0.131. The van der Waals surface area contributed by atoms with E-state index in [1.807, 2.05) is 4.90 Å². The molecule has 1 aliphatic heterocycles. The number of piperazine rings is 1. The molecule has 18 heavy (non-hydrogen) atoms. The van der Waals surface area contributed by atoms with Gasteiger partial charge in [-0.1, -0.05) is 19.9 Å². The molecule has 1 fully saturated rings. The zero-order chi connectivity index (χ0) is 13.4. The highest BCUT2D eigenvalue weighted by molar-refractivity contribution is 5.78.